The normalized spacial score (nSPS) is 11.7. The summed E-state index contributed by atoms with van der Waals surface area (Å²) >= 11 is 0. The van der Waals surface area contributed by atoms with E-state index >= 15 is 0 Å². The lowest BCUT2D eigenvalue weighted by Crippen LogP contribution is -2.05. The fourth-order valence-electron chi connectivity index (χ4n) is 2.56. The molecule has 0 radical (unpaired) electrons. The molecule has 3 heterocycles. The van der Waals surface area contributed by atoms with Gasteiger partial charge in [-0.05, 0) is 36.4 Å². The zero-order chi connectivity index (χ0) is 18.1. The number of aromatic amines is 1. The summed E-state index contributed by atoms with van der Waals surface area (Å²) in [6.07, 6.45) is 0.606. The van der Waals surface area contributed by atoms with E-state index in [9.17, 15) is 13.2 Å². The first-order valence-corrected chi connectivity index (χ1v) is 7.70. The van der Waals surface area contributed by atoms with Crippen molar-refractivity contribution in [1.29, 1.82) is 0 Å². The lowest BCUT2D eigenvalue weighted by molar-refractivity contribution is -0.137. The predicted octanol–water partition coefficient (Wildman–Crippen LogP) is 4.78. The predicted molar refractivity (Wildman–Crippen MR) is 91.8 cm³/mol. The van der Waals surface area contributed by atoms with Crippen LogP contribution >= 0.6 is 0 Å². The molecule has 0 saturated heterocycles. The lowest BCUT2D eigenvalue weighted by atomic mass is 10.2. The Hall–Kier alpha value is -3.42. The standard InChI is InChI=1S/C18H12F3N5/c19-18(20,21)13-2-1-3-14(9-13)25-17-23-7-5-15(26-17)12-8-11-4-6-22-16(11)24-10-12/h1-10H,(H,22,24)(H,23,25,26). The number of hydrogen-bond donors (Lipinski definition) is 2. The molecule has 0 spiro atoms. The highest BCUT2D eigenvalue weighted by molar-refractivity contribution is 5.80. The van der Waals surface area contributed by atoms with Gasteiger partial charge in [-0.1, -0.05) is 6.07 Å². The van der Waals surface area contributed by atoms with Crippen LogP contribution in [0.3, 0.4) is 0 Å². The Morgan fingerprint density at radius 2 is 1.88 bits per heavy atom. The van der Waals surface area contributed by atoms with Crippen LogP contribution in [-0.4, -0.2) is 19.9 Å². The number of hydrogen-bond acceptors (Lipinski definition) is 4. The third kappa shape index (κ3) is 3.21. The van der Waals surface area contributed by atoms with E-state index < -0.39 is 11.7 Å². The van der Waals surface area contributed by atoms with Gasteiger partial charge >= 0.3 is 6.18 Å². The van der Waals surface area contributed by atoms with Gasteiger partial charge in [0.05, 0.1) is 11.3 Å². The minimum Gasteiger partial charge on any atom is -0.346 e. The molecule has 1 aromatic carbocycles. The Morgan fingerprint density at radius 1 is 1.00 bits per heavy atom. The minimum atomic E-state index is -4.40. The van der Waals surface area contributed by atoms with E-state index in [-0.39, 0.29) is 11.6 Å². The number of benzene rings is 1. The van der Waals surface area contributed by atoms with Crippen molar-refractivity contribution in [3.05, 3.63) is 66.6 Å². The molecule has 0 amide bonds. The van der Waals surface area contributed by atoms with Gasteiger partial charge in [0.25, 0.3) is 0 Å². The molecule has 26 heavy (non-hydrogen) atoms. The van der Waals surface area contributed by atoms with Gasteiger partial charge in [0, 0.05) is 35.2 Å². The van der Waals surface area contributed by atoms with Crippen molar-refractivity contribution in [2.75, 3.05) is 5.32 Å². The second-order valence-corrected chi connectivity index (χ2v) is 5.61. The highest BCUT2D eigenvalue weighted by Gasteiger charge is 2.30. The highest BCUT2D eigenvalue weighted by atomic mass is 19.4. The molecule has 0 saturated carbocycles. The summed E-state index contributed by atoms with van der Waals surface area (Å²) < 4.78 is 38.5. The molecule has 5 nitrogen and oxygen atoms in total. The Labute approximate surface area is 146 Å². The van der Waals surface area contributed by atoms with Crippen LogP contribution in [-0.2, 0) is 6.18 Å². The quantitative estimate of drug-likeness (QED) is 0.555. The zero-order valence-electron chi connectivity index (χ0n) is 13.2. The number of rotatable bonds is 3. The Balaban J connectivity index is 1.64. The lowest BCUT2D eigenvalue weighted by Gasteiger charge is -2.10. The van der Waals surface area contributed by atoms with Crippen LogP contribution in [0.1, 0.15) is 5.56 Å². The number of alkyl halides is 3. The van der Waals surface area contributed by atoms with Crippen molar-refractivity contribution in [1.82, 2.24) is 19.9 Å². The van der Waals surface area contributed by atoms with E-state index in [0.717, 1.165) is 28.7 Å². The Kier molecular flexibility index (Phi) is 3.80. The molecule has 4 rings (SSSR count). The maximum atomic E-state index is 12.8. The van der Waals surface area contributed by atoms with Gasteiger partial charge in [-0.25, -0.2) is 15.0 Å². The number of nitrogens with one attached hydrogen (secondary N) is 2. The van der Waals surface area contributed by atoms with Gasteiger partial charge < -0.3 is 10.3 Å². The van der Waals surface area contributed by atoms with Crippen LogP contribution in [0.15, 0.2) is 61.1 Å². The average Bonchev–Trinajstić information content (AvgIpc) is 3.09. The van der Waals surface area contributed by atoms with Crippen LogP contribution in [0.4, 0.5) is 24.8 Å². The summed E-state index contributed by atoms with van der Waals surface area (Å²) in [7, 11) is 0. The third-order valence-corrected chi connectivity index (χ3v) is 3.80. The van der Waals surface area contributed by atoms with Gasteiger partial charge in [0.1, 0.15) is 5.65 Å². The molecule has 0 aliphatic heterocycles. The van der Waals surface area contributed by atoms with Crippen LogP contribution in [0, 0.1) is 0 Å². The van der Waals surface area contributed by atoms with Gasteiger partial charge in [-0.15, -0.1) is 0 Å². The Morgan fingerprint density at radius 3 is 2.73 bits per heavy atom. The zero-order valence-corrected chi connectivity index (χ0v) is 13.2. The molecule has 130 valence electrons. The van der Waals surface area contributed by atoms with E-state index in [0.29, 0.717) is 5.69 Å². The third-order valence-electron chi connectivity index (χ3n) is 3.80. The second-order valence-electron chi connectivity index (χ2n) is 5.61. The number of halogens is 3. The van der Waals surface area contributed by atoms with Gasteiger partial charge in [-0.2, -0.15) is 13.2 Å². The highest BCUT2D eigenvalue weighted by Crippen LogP contribution is 2.31. The maximum absolute atomic E-state index is 12.8. The summed E-state index contributed by atoms with van der Waals surface area (Å²) in [5, 5.41) is 3.75. The van der Waals surface area contributed by atoms with E-state index in [2.05, 4.69) is 25.3 Å². The number of H-pyrrole nitrogens is 1. The van der Waals surface area contributed by atoms with Gasteiger partial charge in [0.2, 0.25) is 5.95 Å². The molecule has 0 bridgehead atoms. The molecule has 4 aromatic rings. The smallest absolute Gasteiger partial charge is 0.346 e. The van der Waals surface area contributed by atoms with Crippen molar-refractivity contribution in [2.45, 2.75) is 6.18 Å². The van der Waals surface area contributed by atoms with Crippen molar-refractivity contribution < 1.29 is 13.2 Å². The average molecular weight is 355 g/mol. The van der Waals surface area contributed by atoms with E-state index in [4.69, 9.17) is 0 Å². The molecule has 0 fully saturated rings. The fraction of sp³-hybridized carbons (Fsp3) is 0.0556. The van der Waals surface area contributed by atoms with Crippen molar-refractivity contribution in [3.8, 4) is 11.3 Å². The summed E-state index contributed by atoms with van der Waals surface area (Å²) in [5.41, 5.74) is 1.69. The van der Waals surface area contributed by atoms with Crippen LogP contribution < -0.4 is 5.32 Å². The van der Waals surface area contributed by atoms with Crippen molar-refractivity contribution in [2.24, 2.45) is 0 Å². The fourth-order valence-corrected chi connectivity index (χ4v) is 2.56. The largest absolute Gasteiger partial charge is 0.416 e. The number of aromatic nitrogens is 4. The van der Waals surface area contributed by atoms with E-state index in [1.54, 1.807) is 24.7 Å². The van der Waals surface area contributed by atoms with Crippen molar-refractivity contribution >= 4 is 22.7 Å². The first kappa shape index (κ1) is 16.1. The SMILES string of the molecule is FC(F)(F)c1cccc(Nc2nccc(-c3cnc4[nH]ccc4c3)n2)c1. The topological polar surface area (TPSA) is 66.5 Å². The first-order chi connectivity index (χ1) is 12.5. The summed E-state index contributed by atoms with van der Waals surface area (Å²) in [6.45, 7) is 0. The number of anilines is 2. The molecule has 3 aromatic heterocycles. The maximum Gasteiger partial charge on any atom is 0.416 e. The van der Waals surface area contributed by atoms with Gasteiger partial charge in [-0.3, -0.25) is 0 Å². The summed E-state index contributed by atoms with van der Waals surface area (Å²) in [4.78, 5) is 15.8. The van der Waals surface area contributed by atoms with Crippen LogP contribution in [0.25, 0.3) is 22.3 Å². The number of nitrogens with zero attached hydrogens (tertiary/aromatic N) is 3. The molecule has 2 N–H and O–H groups in total. The molecule has 0 unspecified atom stereocenters. The van der Waals surface area contributed by atoms with Crippen LogP contribution in [0.2, 0.25) is 0 Å². The molecular weight excluding hydrogens is 343 g/mol. The summed E-state index contributed by atoms with van der Waals surface area (Å²) in [6, 6.07) is 10.4. The summed E-state index contributed by atoms with van der Waals surface area (Å²) in [5.74, 6) is 0.205. The number of pyridine rings is 1. The van der Waals surface area contributed by atoms with Crippen molar-refractivity contribution in [3.63, 3.8) is 0 Å². The molecule has 0 atom stereocenters. The molecule has 0 aliphatic rings. The minimum absolute atomic E-state index is 0.205. The molecular formula is C18H12F3N5. The molecule has 8 heteroatoms. The first-order valence-electron chi connectivity index (χ1n) is 7.70. The van der Waals surface area contributed by atoms with E-state index in [1.165, 1.54) is 12.1 Å². The van der Waals surface area contributed by atoms with E-state index in [1.807, 2.05) is 12.1 Å². The van der Waals surface area contributed by atoms with Gasteiger partial charge in [0.15, 0.2) is 0 Å². The molecule has 0 aliphatic carbocycles. The monoisotopic (exact) mass is 355 g/mol. The van der Waals surface area contributed by atoms with Crippen LogP contribution in [0.5, 0.6) is 0 Å². The second kappa shape index (κ2) is 6.14. The Bertz CT molecular complexity index is 1070. The number of fused-ring (bicyclic) bond motifs is 1.